The van der Waals surface area contributed by atoms with Crippen molar-refractivity contribution >= 4 is 17.4 Å². The van der Waals surface area contributed by atoms with Crippen molar-refractivity contribution in [2.45, 2.75) is 27.7 Å². The van der Waals surface area contributed by atoms with Crippen molar-refractivity contribution in [3.8, 4) is 0 Å². The highest BCUT2D eigenvalue weighted by atomic mass is 16.1. The molecule has 21 heavy (non-hydrogen) atoms. The Kier molecular flexibility index (Phi) is 2.97. The van der Waals surface area contributed by atoms with Crippen LogP contribution < -0.4 is 5.32 Å². The Morgan fingerprint density at radius 1 is 1.29 bits per heavy atom. The predicted octanol–water partition coefficient (Wildman–Crippen LogP) is 1.94. The maximum absolute atomic E-state index is 12.4. The quantitative estimate of drug-likeness (QED) is 0.752. The van der Waals surface area contributed by atoms with E-state index in [1.165, 1.54) is 6.20 Å². The molecular weight excluding hydrogens is 268 g/mol. The van der Waals surface area contributed by atoms with Crippen LogP contribution in [-0.2, 0) is 0 Å². The molecule has 0 aliphatic rings. The van der Waals surface area contributed by atoms with Crippen molar-refractivity contribution in [1.29, 1.82) is 0 Å². The van der Waals surface area contributed by atoms with Crippen molar-refractivity contribution in [3.05, 3.63) is 40.5 Å². The highest BCUT2D eigenvalue weighted by Gasteiger charge is 2.17. The van der Waals surface area contributed by atoms with E-state index in [1.807, 2.05) is 33.8 Å². The molecule has 0 spiro atoms. The molecular formula is C14H16N6O. The summed E-state index contributed by atoms with van der Waals surface area (Å²) in [6.07, 6.45) is 1.53. The van der Waals surface area contributed by atoms with E-state index < -0.39 is 0 Å². The van der Waals surface area contributed by atoms with Gasteiger partial charge >= 0.3 is 0 Å². The fourth-order valence-corrected chi connectivity index (χ4v) is 2.21. The molecule has 3 rings (SSSR count). The third-order valence-corrected chi connectivity index (χ3v) is 3.51. The molecule has 3 aromatic rings. The lowest BCUT2D eigenvalue weighted by atomic mass is 10.2. The summed E-state index contributed by atoms with van der Waals surface area (Å²) < 4.78 is 1.66. The molecule has 0 saturated heterocycles. The standard InChI is InChI=1S/C14H16N6O/c1-7-5-8(2)20-13(16-7)11(6-15-20)14(21)17-12-9(3)10(4)18-19-12/h5-6H,1-4H3,(H2,17,18,19,21). The van der Waals surface area contributed by atoms with E-state index in [9.17, 15) is 4.79 Å². The first-order chi connectivity index (χ1) is 9.97. The van der Waals surface area contributed by atoms with Gasteiger partial charge in [-0.15, -0.1) is 0 Å². The number of amides is 1. The van der Waals surface area contributed by atoms with E-state index in [-0.39, 0.29) is 5.91 Å². The summed E-state index contributed by atoms with van der Waals surface area (Å²) in [5, 5.41) is 13.9. The molecule has 0 fully saturated rings. The van der Waals surface area contributed by atoms with Gasteiger partial charge in [0.1, 0.15) is 5.56 Å². The second-order valence-electron chi connectivity index (χ2n) is 5.11. The SMILES string of the molecule is Cc1cc(C)n2ncc(C(=O)Nc3n[nH]c(C)c3C)c2n1. The lowest BCUT2D eigenvalue weighted by molar-refractivity contribution is 0.102. The van der Waals surface area contributed by atoms with Crippen LogP contribution in [0, 0.1) is 27.7 Å². The molecule has 7 nitrogen and oxygen atoms in total. The van der Waals surface area contributed by atoms with E-state index in [1.54, 1.807) is 4.52 Å². The molecule has 0 bridgehead atoms. The van der Waals surface area contributed by atoms with Crippen LogP contribution in [0.15, 0.2) is 12.3 Å². The Morgan fingerprint density at radius 3 is 2.71 bits per heavy atom. The van der Waals surface area contributed by atoms with Gasteiger partial charge < -0.3 is 5.32 Å². The number of aryl methyl sites for hydroxylation is 3. The number of fused-ring (bicyclic) bond motifs is 1. The summed E-state index contributed by atoms with van der Waals surface area (Å²) in [6, 6.07) is 1.92. The van der Waals surface area contributed by atoms with Crippen LogP contribution in [-0.4, -0.2) is 30.7 Å². The molecule has 108 valence electrons. The van der Waals surface area contributed by atoms with Gasteiger partial charge in [-0.05, 0) is 33.8 Å². The van der Waals surface area contributed by atoms with Gasteiger partial charge in [-0.3, -0.25) is 9.89 Å². The molecule has 0 unspecified atom stereocenters. The zero-order chi connectivity index (χ0) is 15.1. The summed E-state index contributed by atoms with van der Waals surface area (Å²) >= 11 is 0. The minimum absolute atomic E-state index is 0.267. The third-order valence-electron chi connectivity index (χ3n) is 3.51. The van der Waals surface area contributed by atoms with Crippen molar-refractivity contribution in [1.82, 2.24) is 24.8 Å². The Labute approximate surface area is 121 Å². The smallest absolute Gasteiger partial charge is 0.262 e. The number of anilines is 1. The Hall–Kier alpha value is -2.70. The largest absolute Gasteiger partial charge is 0.305 e. The molecule has 0 saturated carbocycles. The van der Waals surface area contributed by atoms with E-state index >= 15 is 0 Å². The first-order valence-electron chi connectivity index (χ1n) is 6.62. The van der Waals surface area contributed by atoms with Crippen LogP contribution in [0.3, 0.4) is 0 Å². The lowest BCUT2D eigenvalue weighted by Crippen LogP contribution is -2.13. The number of nitrogens with one attached hydrogen (secondary N) is 2. The van der Waals surface area contributed by atoms with Gasteiger partial charge in [0, 0.05) is 22.6 Å². The molecule has 7 heteroatoms. The number of carbonyl (C=O) groups excluding carboxylic acids is 1. The molecule has 0 aliphatic heterocycles. The van der Waals surface area contributed by atoms with Gasteiger partial charge in [0.05, 0.1) is 6.20 Å². The van der Waals surface area contributed by atoms with Gasteiger partial charge in [-0.2, -0.15) is 10.2 Å². The molecule has 0 aliphatic carbocycles. The van der Waals surface area contributed by atoms with Gasteiger partial charge in [-0.25, -0.2) is 9.50 Å². The number of aromatic nitrogens is 5. The third kappa shape index (κ3) is 2.16. The molecule has 0 atom stereocenters. The maximum atomic E-state index is 12.4. The topological polar surface area (TPSA) is 88.0 Å². The monoisotopic (exact) mass is 284 g/mol. The number of H-pyrrole nitrogens is 1. The first-order valence-corrected chi connectivity index (χ1v) is 6.62. The highest BCUT2D eigenvalue weighted by molar-refractivity contribution is 6.08. The number of carbonyl (C=O) groups is 1. The Balaban J connectivity index is 2.00. The predicted molar refractivity (Wildman–Crippen MR) is 78.5 cm³/mol. The second-order valence-corrected chi connectivity index (χ2v) is 5.11. The highest BCUT2D eigenvalue weighted by Crippen LogP contribution is 2.17. The van der Waals surface area contributed by atoms with Gasteiger partial charge in [0.25, 0.3) is 5.91 Å². The van der Waals surface area contributed by atoms with Crippen LogP contribution in [0.4, 0.5) is 5.82 Å². The number of nitrogens with zero attached hydrogens (tertiary/aromatic N) is 4. The van der Waals surface area contributed by atoms with Crippen LogP contribution in [0.5, 0.6) is 0 Å². The fraction of sp³-hybridized carbons (Fsp3) is 0.286. The summed E-state index contributed by atoms with van der Waals surface area (Å²) in [5.41, 5.74) is 4.61. The molecule has 0 radical (unpaired) electrons. The number of rotatable bonds is 2. The normalized spacial score (nSPS) is 11.0. The number of aromatic amines is 1. The van der Waals surface area contributed by atoms with Crippen molar-refractivity contribution in [2.75, 3.05) is 5.32 Å². The first kappa shape index (κ1) is 13.3. The summed E-state index contributed by atoms with van der Waals surface area (Å²) in [6.45, 7) is 7.62. The molecule has 3 heterocycles. The maximum Gasteiger partial charge on any atom is 0.262 e. The fourth-order valence-electron chi connectivity index (χ4n) is 2.21. The zero-order valence-electron chi connectivity index (χ0n) is 12.4. The van der Waals surface area contributed by atoms with Crippen molar-refractivity contribution < 1.29 is 4.79 Å². The van der Waals surface area contributed by atoms with Crippen molar-refractivity contribution in [3.63, 3.8) is 0 Å². The average molecular weight is 284 g/mol. The van der Waals surface area contributed by atoms with Gasteiger partial charge in [-0.1, -0.05) is 0 Å². The van der Waals surface area contributed by atoms with E-state index in [0.717, 1.165) is 22.6 Å². The summed E-state index contributed by atoms with van der Waals surface area (Å²) in [4.78, 5) is 16.8. The van der Waals surface area contributed by atoms with E-state index in [4.69, 9.17) is 0 Å². The molecule has 0 aromatic carbocycles. The minimum Gasteiger partial charge on any atom is -0.305 e. The van der Waals surface area contributed by atoms with Crippen LogP contribution >= 0.6 is 0 Å². The zero-order valence-corrected chi connectivity index (χ0v) is 12.4. The van der Waals surface area contributed by atoms with Crippen LogP contribution in [0.1, 0.15) is 33.0 Å². The van der Waals surface area contributed by atoms with Crippen LogP contribution in [0.25, 0.3) is 5.65 Å². The van der Waals surface area contributed by atoms with Gasteiger partial charge in [0.2, 0.25) is 0 Å². The Morgan fingerprint density at radius 2 is 2.05 bits per heavy atom. The summed E-state index contributed by atoms with van der Waals surface area (Å²) in [5.74, 6) is 0.262. The molecule has 2 N–H and O–H groups in total. The second kappa shape index (κ2) is 4.69. The molecule has 3 aromatic heterocycles. The van der Waals surface area contributed by atoms with E-state index in [0.29, 0.717) is 17.0 Å². The lowest BCUT2D eigenvalue weighted by Gasteiger charge is -2.03. The summed E-state index contributed by atoms with van der Waals surface area (Å²) in [7, 11) is 0. The Bertz CT molecular complexity index is 845. The van der Waals surface area contributed by atoms with Crippen molar-refractivity contribution in [2.24, 2.45) is 0 Å². The van der Waals surface area contributed by atoms with Gasteiger partial charge in [0.15, 0.2) is 11.5 Å². The molecule has 1 amide bonds. The average Bonchev–Trinajstić information content (AvgIpc) is 2.97. The van der Waals surface area contributed by atoms with Crippen LogP contribution in [0.2, 0.25) is 0 Å². The number of hydrogen-bond donors (Lipinski definition) is 2. The number of hydrogen-bond acceptors (Lipinski definition) is 4. The van der Waals surface area contributed by atoms with E-state index in [2.05, 4.69) is 25.6 Å². The minimum atomic E-state index is -0.267.